The number of esters is 1. The van der Waals surface area contributed by atoms with Crippen molar-refractivity contribution in [3.8, 4) is 0 Å². The van der Waals surface area contributed by atoms with Crippen molar-refractivity contribution < 1.29 is 19.1 Å². The highest BCUT2D eigenvalue weighted by molar-refractivity contribution is 5.70. The van der Waals surface area contributed by atoms with Gasteiger partial charge in [0.2, 0.25) is 0 Å². The molecule has 0 saturated heterocycles. The van der Waals surface area contributed by atoms with Crippen LogP contribution in [0.5, 0.6) is 0 Å². The van der Waals surface area contributed by atoms with Gasteiger partial charge in [-0.3, -0.25) is 4.79 Å². The second kappa shape index (κ2) is 8.41. The molecule has 0 atom stereocenters. The fourth-order valence-corrected chi connectivity index (χ4v) is 1.70. The summed E-state index contributed by atoms with van der Waals surface area (Å²) in [5.41, 5.74) is 0.446. The Labute approximate surface area is 132 Å². The highest BCUT2D eigenvalue weighted by atomic mass is 16.6. The molecule has 0 aromatic heterocycles. The van der Waals surface area contributed by atoms with E-state index in [1.165, 1.54) is 4.90 Å². The van der Waals surface area contributed by atoms with Crippen LogP contribution >= 0.6 is 0 Å². The van der Waals surface area contributed by atoms with Crippen molar-refractivity contribution in [2.45, 2.75) is 45.8 Å². The van der Waals surface area contributed by atoms with Gasteiger partial charge in [0.15, 0.2) is 0 Å². The molecule has 0 fully saturated rings. The molecular formula is C17H25NO4. The lowest BCUT2D eigenvalue weighted by molar-refractivity contribution is -0.145. The molecule has 1 rings (SSSR count). The molecule has 1 amide bonds. The summed E-state index contributed by atoms with van der Waals surface area (Å²) in [6.07, 6.45) is 0.439. The molecule has 0 spiro atoms. The normalized spacial score (nSPS) is 10.9. The van der Waals surface area contributed by atoms with Crippen molar-refractivity contribution in [1.29, 1.82) is 0 Å². The van der Waals surface area contributed by atoms with E-state index in [2.05, 4.69) is 0 Å². The third kappa shape index (κ3) is 7.67. The SMILES string of the molecule is CN(CCCC(=O)OCc1ccccc1)C(=O)OC(C)(C)C. The van der Waals surface area contributed by atoms with E-state index in [0.29, 0.717) is 13.0 Å². The fourth-order valence-electron chi connectivity index (χ4n) is 1.70. The van der Waals surface area contributed by atoms with Crippen LogP contribution in [-0.4, -0.2) is 36.2 Å². The Kier molecular flexibility index (Phi) is 6.89. The first-order valence-electron chi connectivity index (χ1n) is 7.41. The van der Waals surface area contributed by atoms with Crippen LogP contribution in [0.4, 0.5) is 4.79 Å². The molecule has 0 aliphatic heterocycles. The summed E-state index contributed by atoms with van der Waals surface area (Å²) in [6, 6.07) is 9.53. The van der Waals surface area contributed by atoms with Gasteiger partial charge in [-0.05, 0) is 32.8 Å². The molecule has 0 aliphatic carbocycles. The summed E-state index contributed by atoms with van der Waals surface area (Å²) in [5, 5.41) is 0. The highest BCUT2D eigenvalue weighted by Gasteiger charge is 2.19. The highest BCUT2D eigenvalue weighted by Crippen LogP contribution is 2.09. The van der Waals surface area contributed by atoms with Crippen LogP contribution in [0.15, 0.2) is 30.3 Å². The molecule has 122 valence electrons. The van der Waals surface area contributed by atoms with Crippen LogP contribution in [0.25, 0.3) is 0 Å². The quantitative estimate of drug-likeness (QED) is 0.756. The standard InChI is InChI=1S/C17H25NO4/c1-17(2,3)22-16(20)18(4)12-8-11-15(19)21-13-14-9-6-5-7-10-14/h5-7,9-10H,8,11-13H2,1-4H3. The Balaban J connectivity index is 2.20. The van der Waals surface area contributed by atoms with Gasteiger partial charge in [0.25, 0.3) is 0 Å². The first-order chi connectivity index (χ1) is 10.3. The molecule has 0 unspecified atom stereocenters. The van der Waals surface area contributed by atoms with Gasteiger partial charge in [-0.15, -0.1) is 0 Å². The monoisotopic (exact) mass is 307 g/mol. The number of amides is 1. The van der Waals surface area contributed by atoms with E-state index in [1.807, 2.05) is 51.1 Å². The molecule has 0 saturated carbocycles. The van der Waals surface area contributed by atoms with Gasteiger partial charge in [0.05, 0.1) is 0 Å². The lowest BCUT2D eigenvalue weighted by atomic mass is 10.2. The molecule has 0 aliphatic rings. The van der Waals surface area contributed by atoms with E-state index in [9.17, 15) is 9.59 Å². The van der Waals surface area contributed by atoms with Crippen LogP contribution in [0.3, 0.4) is 0 Å². The third-order valence-electron chi connectivity index (χ3n) is 2.82. The van der Waals surface area contributed by atoms with Gasteiger partial charge in [-0.2, -0.15) is 0 Å². The van der Waals surface area contributed by atoms with E-state index in [-0.39, 0.29) is 25.1 Å². The predicted molar refractivity (Wildman–Crippen MR) is 84.3 cm³/mol. The number of hydrogen-bond acceptors (Lipinski definition) is 4. The van der Waals surface area contributed by atoms with E-state index in [0.717, 1.165) is 5.56 Å². The maximum Gasteiger partial charge on any atom is 0.410 e. The van der Waals surface area contributed by atoms with Crippen LogP contribution in [0.2, 0.25) is 0 Å². The van der Waals surface area contributed by atoms with E-state index in [1.54, 1.807) is 7.05 Å². The lowest BCUT2D eigenvalue weighted by Crippen LogP contribution is -2.34. The Bertz CT molecular complexity index is 479. The average molecular weight is 307 g/mol. The molecular weight excluding hydrogens is 282 g/mol. The summed E-state index contributed by atoms with van der Waals surface area (Å²) in [4.78, 5) is 24.8. The van der Waals surface area contributed by atoms with Crippen molar-refractivity contribution >= 4 is 12.1 Å². The Morgan fingerprint density at radius 1 is 1.14 bits per heavy atom. The van der Waals surface area contributed by atoms with Crippen molar-refractivity contribution in [3.63, 3.8) is 0 Å². The van der Waals surface area contributed by atoms with Gasteiger partial charge in [0.1, 0.15) is 12.2 Å². The summed E-state index contributed by atoms with van der Waals surface area (Å²) in [5.74, 6) is -0.263. The average Bonchev–Trinajstić information content (AvgIpc) is 2.44. The maximum atomic E-state index is 11.7. The Hall–Kier alpha value is -2.04. The number of nitrogens with zero attached hydrogens (tertiary/aromatic N) is 1. The predicted octanol–water partition coefficient (Wildman–Crippen LogP) is 3.38. The van der Waals surface area contributed by atoms with Crippen LogP contribution < -0.4 is 0 Å². The summed E-state index contributed by atoms with van der Waals surface area (Å²) in [6.45, 7) is 6.19. The molecule has 0 bridgehead atoms. The molecule has 1 aromatic rings. The smallest absolute Gasteiger partial charge is 0.410 e. The minimum Gasteiger partial charge on any atom is -0.461 e. The summed E-state index contributed by atoms with van der Waals surface area (Å²) < 4.78 is 10.4. The second-order valence-corrected chi connectivity index (χ2v) is 6.15. The van der Waals surface area contributed by atoms with Gasteiger partial charge in [0, 0.05) is 20.0 Å². The van der Waals surface area contributed by atoms with Crippen LogP contribution in [-0.2, 0) is 20.9 Å². The van der Waals surface area contributed by atoms with Crippen molar-refractivity contribution in [3.05, 3.63) is 35.9 Å². The van der Waals surface area contributed by atoms with E-state index >= 15 is 0 Å². The largest absolute Gasteiger partial charge is 0.461 e. The topological polar surface area (TPSA) is 55.8 Å². The zero-order valence-electron chi connectivity index (χ0n) is 13.8. The minimum absolute atomic E-state index is 0.263. The number of rotatable bonds is 6. The van der Waals surface area contributed by atoms with E-state index in [4.69, 9.17) is 9.47 Å². The molecule has 0 N–H and O–H groups in total. The Morgan fingerprint density at radius 3 is 2.36 bits per heavy atom. The maximum absolute atomic E-state index is 11.7. The second-order valence-electron chi connectivity index (χ2n) is 6.15. The van der Waals surface area contributed by atoms with Crippen LogP contribution in [0.1, 0.15) is 39.2 Å². The number of carbonyl (C=O) groups excluding carboxylic acids is 2. The number of carbonyl (C=O) groups is 2. The van der Waals surface area contributed by atoms with Crippen molar-refractivity contribution in [2.24, 2.45) is 0 Å². The fraction of sp³-hybridized carbons (Fsp3) is 0.529. The van der Waals surface area contributed by atoms with E-state index < -0.39 is 5.60 Å². The van der Waals surface area contributed by atoms with Crippen molar-refractivity contribution in [2.75, 3.05) is 13.6 Å². The van der Waals surface area contributed by atoms with Gasteiger partial charge >= 0.3 is 12.1 Å². The summed E-state index contributed by atoms with van der Waals surface area (Å²) >= 11 is 0. The molecule has 0 heterocycles. The molecule has 1 aromatic carbocycles. The minimum atomic E-state index is -0.514. The summed E-state index contributed by atoms with van der Waals surface area (Å²) in [7, 11) is 1.66. The number of hydrogen-bond donors (Lipinski definition) is 0. The first-order valence-corrected chi connectivity index (χ1v) is 7.41. The van der Waals surface area contributed by atoms with Crippen molar-refractivity contribution in [1.82, 2.24) is 4.90 Å². The number of ether oxygens (including phenoxy) is 2. The molecule has 5 nitrogen and oxygen atoms in total. The number of benzene rings is 1. The lowest BCUT2D eigenvalue weighted by Gasteiger charge is -2.24. The third-order valence-corrected chi connectivity index (χ3v) is 2.82. The zero-order chi connectivity index (χ0) is 16.6. The first kappa shape index (κ1) is 18.0. The van der Waals surface area contributed by atoms with Crippen LogP contribution in [0, 0.1) is 0 Å². The molecule has 5 heteroatoms. The Morgan fingerprint density at radius 2 is 1.77 bits per heavy atom. The van der Waals surface area contributed by atoms with Gasteiger partial charge in [-0.25, -0.2) is 4.79 Å². The molecule has 0 radical (unpaired) electrons. The van der Waals surface area contributed by atoms with Gasteiger partial charge in [-0.1, -0.05) is 30.3 Å². The molecule has 22 heavy (non-hydrogen) atoms. The zero-order valence-corrected chi connectivity index (χ0v) is 13.8. The van der Waals surface area contributed by atoms with Gasteiger partial charge < -0.3 is 14.4 Å².